The number of halogens is 1. The van der Waals surface area contributed by atoms with Crippen LogP contribution in [0.15, 0.2) is 24.3 Å². The fourth-order valence-corrected chi connectivity index (χ4v) is 2.25. The number of methoxy groups -OCH3 is 1. The minimum atomic E-state index is -0.175. The second kappa shape index (κ2) is 6.54. The van der Waals surface area contributed by atoms with Gasteiger partial charge in [-0.15, -0.1) is 0 Å². The largest absolute Gasteiger partial charge is 0.506 e. The van der Waals surface area contributed by atoms with Crippen LogP contribution in [-0.2, 0) is 0 Å². The van der Waals surface area contributed by atoms with Crippen LogP contribution in [0.2, 0.25) is 0 Å². The average molecular weight is 238 g/mol. The first-order valence-electron chi connectivity index (χ1n) is 3.05. The topological polar surface area (TPSA) is 9.23 Å². The molecule has 0 unspecified atom stereocenters. The van der Waals surface area contributed by atoms with Gasteiger partial charge < -0.3 is 4.74 Å². The van der Waals surface area contributed by atoms with E-state index >= 15 is 0 Å². The highest BCUT2D eigenvalue weighted by molar-refractivity contribution is 9.23. The van der Waals surface area contributed by atoms with E-state index in [1.807, 2.05) is 12.1 Å². The summed E-state index contributed by atoms with van der Waals surface area (Å²) in [5, 5.41) is 0. The van der Waals surface area contributed by atoms with E-state index in [4.69, 9.17) is 4.74 Å². The molecule has 54 valence electrons. The first kappa shape index (κ1) is 12.0. The Labute approximate surface area is 98.6 Å². The zero-order chi connectivity index (χ0) is 7.40. The highest BCUT2D eigenvalue weighted by Gasteiger charge is 1.93. The quantitative estimate of drug-likeness (QED) is 0.678. The van der Waals surface area contributed by atoms with Crippen molar-refractivity contribution in [3.05, 3.63) is 24.3 Å². The number of ether oxygens (including phenoxy) is 1. The minimum Gasteiger partial charge on any atom is -0.497 e. The molecule has 4 heteroatoms. The summed E-state index contributed by atoms with van der Waals surface area (Å²) in [5.41, 5.74) is 0. The van der Waals surface area contributed by atoms with Gasteiger partial charge in [-0.1, -0.05) is 12.1 Å². The van der Waals surface area contributed by atoms with E-state index in [1.165, 1.54) is 3.69 Å². The maximum absolute atomic E-state index is 5.01. The second-order valence-corrected chi connectivity index (χ2v) is 4.75. The molecule has 0 radical (unpaired) electrons. The van der Waals surface area contributed by atoms with Crippen LogP contribution >= 0.6 is 12.9 Å². The summed E-state index contributed by atoms with van der Waals surface area (Å²) in [7, 11) is 1.68. The van der Waals surface area contributed by atoms with Crippen LogP contribution in [0, 0.1) is 0 Å². The lowest BCUT2D eigenvalue weighted by atomic mass is 10.3. The van der Waals surface area contributed by atoms with Crippen molar-refractivity contribution in [3.8, 4) is 5.75 Å². The predicted octanol–water partition coefficient (Wildman–Crippen LogP) is 0.418. The number of rotatable bonds is 2. The van der Waals surface area contributed by atoms with Gasteiger partial charge in [0, 0.05) is 0 Å². The van der Waals surface area contributed by atoms with Crippen LogP contribution in [0.25, 0.3) is 0 Å². The summed E-state index contributed by atoms with van der Waals surface area (Å²) in [5.74, 6) is 0.929. The predicted molar refractivity (Wildman–Crippen MR) is 55.9 cm³/mol. The SMILES string of the molecule is COc1cc[c]([Mg][Br])cc1.[MgH2]. The number of hydrogen-bond donors (Lipinski definition) is 0. The lowest BCUT2D eigenvalue weighted by Gasteiger charge is -1.98. The molecule has 0 bridgehead atoms. The molecule has 0 aliphatic carbocycles. The Morgan fingerprint density at radius 3 is 2.18 bits per heavy atom. The number of hydrogen-bond acceptors (Lipinski definition) is 1. The van der Waals surface area contributed by atoms with Crippen molar-refractivity contribution in [2.24, 2.45) is 0 Å². The van der Waals surface area contributed by atoms with E-state index in [1.54, 1.807) is 7.11 Å². The van der Waals surface area contributed by atoms with Gasteiger partial charge in [0.05, 0.1) is 7.11 Å². The van der Waals surface area contributed by atoms with Crippen molar-refractivity contribution < 1.29 is 4.74 Å². The summed E-state index contributed by atoms with van der Waals surface area (Å²) in [6.45, 7) is 0. The van der Waals surface area contributed by atoms with Gasteiger partial charge in [-0.2, -0.15) is 3.69 Å². The Balaban J connectivity index is 0.000001000. The van der Waals surface area contributed by atoms with Crippen LogP contribution in [0.1, 0.15) is 0 Å². The van der Waals surface area contributed by atoms with Gasteiger partial charge >= 0.3 is 41.2 Å². The lowest BCUT2D eigenvalue weighted by Crippen LogP contribution is -2.06. The van der Waals surface area contributed by atoms with Crippen LogP contribution in [0.4, 0.5) is 0 Å². The van der Waals surface area contributed by atoms with Crippen LogP contribution in [0.3, 0.4) is 0 Å². The standard InChI is InChI=1S/C7H7O.BrH.2Mg.2H/c1-8-7-5-3-2-4-6-7;;;;;/h3-6H,1H3;1H;;;;/q;;;+1;;/p-1. The second-order valence-electron chi connectivity index (χ2n) is 1.98. The summed E-state index contributed by atoms with van der Waals surface area (Å²) in [6, 6.07) is 8.17. The molecule has 11 heavy (non-hydrogen) atoms. The van der Waals surface area contributed by atoms with Gasteiger partial charge in [-0.25, -0.2) is 0 Å². The van der Waals surface area contributed by atoms with E-state index in [2.05, 4.69) is 25.0 Å². The van der Waals surface area contributed by atoms with Crippen molar-refractivity contribution in [3.63, 3.8) is 0 Å². The van der Waals surface area contributed by atoms with E-state index in [0.717, 1.165) is 5.75 Å². The van der Waals surface area contributed by atoms with E-state index in [0.29, 0.717) is 0 Å². The molecule has 0 atom stereocenters. The highest BCUT2D eigenvalue weighted by Crippen LogP contribution is 2.05. The molecule has 1 aromatic rings. The normalized spacial score (nSPS) is 7.82. The maximum atomic E-state index is 5.01. The molecule has 0 saturated heterocycles. The Bertz CT molecular complexity index is 177. The third-order valence-electron chi connectivity index (χ3n) is 1.31. The molecule has 0 aliphatic heterocycles. The molecular formula is C7H9BrMg2O. The van der Waals surface area contributed by atoms with Crippen molar-refractivity contribution in [1.82, 2.24) is 0 Å². The van der Waals surface area contributed by atoms with E-state index in [-0.39, 0.29) is 41.2 Å². The van der Waals surface area contributed by atoms with Gasteiger partial charge in [-0.3, -0.25) is 12.9 Å². The molecule has 1 aromatic carbocycles. The molecule has 0 saturated carbocycles. The number of benzene rings is 1. The van der Waals surface area contributed by atoms with E-state index in [9.17, 15) is 0 Å². The monoisotopic (exact) mass is 236 g/mol. The van der Waals surface area contributed by atoms with Crippen molar-refractivity contribution >= 4 is 57.8 Å². The average Bonchev–Trinajstić information content (AvgIpc) is 2.05. The smallest absolute Gasteiger partial charge is 0.497 e. The van der Waals surface area contributed by atoms with Crippen molar-refractivity contribution in [2.75, 3.05) is 7.11 Å². The van der Waals surface area contributed by atoms with E-state index < -0.39 is 0 Å². The zero-order valence-electron chi connectivity index (χ0n) is 5.80. The van der Waals surface area contributed by atoms with Gasteiger partial charge in [-0.05, 0) is 12.1 Å². The minimum absolute atomic E-state index is 0. The summed E-state index contributed by atoms with van der Waals surface area (Å²) >= 11 is 3.33. The molecule has 0 amide bonds. The van der Waals surface area contributed by atoms with Crippen molar-refractivity contribution in [1.29, 1.82) is 0 Å². The van der Waals surface area contributed by atoms with Crippen LogP contribution in [-0.4, -0.2) is 48.4 Å². The molecule has 0 heterocycles. The maximum Gasteiger partial charge on any atom is 0.506 e. The Hall–Kier alpha value is 1.03. The van der Waals surface area contributed by atoms with Gasteiger partial charge in [0.15, 0.2) is 0 Å². The van der Waals surface area contributed by atoms with Gasteiger partial charge in [0.2, 0.25) is 0 Å². The third-order valence-corrected chi connectivity index (χ3v) is 4.04. The third kappa shape index (κ3) is 3.98. The highest BCUT2D eigenvalue weighted by atomic mass is 79.9. The summed E-state index contributed by atoms with van der Waals surface area (Å²) in [6.07, 6.45) is 0. The van der Waals surface area contributed by atoms with Gasteiger partial charge in [0.1, 0.15) is 5.75 Å². The van der Waals surface area contributed by atoms with Crippen molar-refractivity contribution in [2.45, 2.75) is 0 Å². The van der Waals surface area contributed by atoms with Crippen LogP contribution < -0.4 is 8.43 Å². The summed E-state index contributed by atoms with van der Waals surface area (Å²) in [4.78, 5) is 0. The lowest BCUT2D eigenvalue weighted by molar-refractivity contribution is 0.415. The molecule has 0 aliphatic rings. The molecule has 1 rings (SSSR count). The zero-order valence-corrected chi connectivity index (χ0v) is 8.80. The fraction of sp³-hybridized carbons (Fsp3) is 0.143. The first-order valence-corrected chi connectivity index (χ1v) is 7.66. The fourth-order valence-electron chi connectivity index (χ4n) is 0.715. The van der Waals surface area contributed by atoms with Gasteiger partial charge in [0.25, 0.3) is 0 Å². The molecule has 0 fully saturated rings. The summed E-state index contributed by atoms with van der Waals surface area (Å²) < 4.78 is 6.42. The Morgan fingerprint density at radius 2 is 1.82 bits per heavy atom. The molecular weight excluding hydrogens is 229 g/mol. The first-order chi connectivity index (χ1) is 4.86. The Kier molecular flexibility index (Phi) is 7.15. The Morgan fingerprint density at radius 1 is 1.27 bits per heavy atom. The molecule has 0 spiro atoms. The van der Waals surface area contributed by atoms with Crippen LogP contribution in [0.5, 0.6) is 5.75 Å². The molecule has 0 N–H and O–H groups in total. The molecule has 1 nitrogen and oxygen atoms in total. The molecule has 0 aromatic heterocycles.